The number of phenols is 1. The Morgan fingerprint density at radius 2 is 1.41 bits per heavy atom. The van der Waals surface area contributed by atoms with Crippen LogP contribution in [0.2, 0.25) is 0 Å². The van der Waals surface area contributed by atoms with Crippen molar-refractivity contribution in [3.8, 4) is 5.75 Å². The molecule has 0 bridgehead atoms. The van der Waals surface area contributed by atoms with Crippen LogP contribution in [-0.4, -0.2) is 10.2 Å². The van der Waals surface area contributed by atoms with Crippen LogP contribution in [0.5, 0.6) is 5.75 Å². The molecule has 0 aliphatic carbocycles. The number of carbonyl (C=O) groups is 1. The van der Waals surface area contributed by atoms with Gasteiger partial charge in [0.05, 0.1) is 0 Å². The molecule has 0 atom stereocenters. The van der Waals surface area contributed by atoms with E-state index in [0.29, 0.717) is 17.1 Å². The Labute approximate surface area is 168 Å². The zero-order valence-electron chi connectivity index (χ0n) is 17.4. The third-order valence-corrected chi connectivity index (χ3v) is 6.76. The second kappa shape index (κ2) is 8.52. The van der Waals surface area contributed by atoms with Crippen molar-refractivity contribution in [1.82, 2.24) is 0 Å². The molecular formula is C24H32O2S. The van der Waals surface area contributed by atoms with Gasteiger partial charge in [0, 0.05) is 22.4 Å². The fraction of sp³-hybridized carbons (Fsp3) is 0.458. The number of hydrogen-bond donors (Lipinski definition) is 1. The van der Waals surface area contributed by atoms with Gasteiger partial charge < -0.3 is 5.11 Å². The van der Waals surface area contributed by atoms with Crippen LogP contribution in [0, 0.1) is 0 Å². The van der Waals surface area contributed by atoms with Crippen LogP contribution in [0.15, 0.2) is 42.5 Å². The summed E-state index contributed by atoms with van der Waals surface area (Å²) in [5, 5.41) is 11.1. The Kier molecular flexibility index (Phi) is 6.80. The summed E-state index contributed by atoms with van der Waals surface area (Å²) in [6, 6.07) is 13.8. The fourth-order valence-electron chi connectivity index (χ4n) is 2.97. The molecule has 0 heterocycles. The first kappa shape index (κ1) is 21.6. The van der Waals surface area contributed by atoms with E-state index < -0.39 is 0 Å². The third kappa shape index (κ3) is 4.95. The molecule has 0 aliphatic heterocycles. The predicted octanol–water partition coefficient (Wildman–Crippen LogP) is 6.84. The highest BCUT2D eigenvalue weighted by molar-refractivity contribution is 8.13. The maximum atomic E-state index is 12.9. The number of benzene rings is 2. The van der Waals surface area contributed by atoms with Gasteiger partial charge in [-0.2, -0.15) is 0 Å². The van der Waals surface area contributed by atoms with Crippen molar-refractivity contribution in [3.63, 3.8) is 0 Å². The second-order valence-electron chi connectivity index (χ2n) is 8.46. The van der Waals surface area contributed by atoms with Gasteiger partial charge in [-0.25, -0.2) is 0 Å². The lowest BCUT2D eigenvalue weighted by molar-refractivity contribution is 0.108. The van der Waals surface area contributed by atoms with E-state index in [2.05, 4.69) is 41.5 Å². The Hall–Kier alpha value is -1.74. The van der Waals surface area contributed by atoms with Gasteiger partial charge in [0.1, 0.15) is 5.75 Å². The maximum Gasteiger partial charge on any atom is 0.219 e. The van der Waals surface area contributed by atoms with Gasteiger partial charge in [0.25, 0.3) is 0 Å². The first-order chi connectivity index (χ1) is 12.6. The van der Waals surface area contributed by atoms with Crippen LogP contribution in [0.25, 0.3) is 0 Å². The fourth-order valence-corrected chi connectivity index (χ4v) is 3.75. The zero-order chi connectivity index (χ0) is 20.2. The molecule has 0 saturated heterocycles. The normalized spacial score (nSPS) is 12.2. The number of aromatic hydroxyl groups is 1. The van der Waals surface area contributed by atoms with Crippen molar-refractivity contribution < 1.29 is 9.90 Å². The van der Waals surface area contributed by atoms with Crippen LogP contribution in [-0.2, 0) is 16.6 Å². The molecule has 1 N–H and O–H groups in total. The van der Waals surface area contributed by atoms with Gasteiger partial charge >= 0.3 is 0 Å². The van der Waals surface area contributed by atoms with Crippen LogP contribution in [0.1, 0.15) is 81.4 Å². The number of thioether (sulfide) groups is 1. The summed E-state index contributed by atoms with van der Waals surface area (Å²) in [7, 11) is 0. The lowest BCUT2D eigenvalue weighted by atomic mass is 9.75. The summed E-state index contributed by atoms with van der Waals surface area (Å²) in [6.07, 6.45) is 1.78. The van der Waals surface area contributed by atoms with E-state index in [1.807, 2.05) is 42.5 Å². The van der Waals surface area contributed by atoms with Crippen molar-refractivity contribution >= 4 is 16.9 Å². The van der Waals surface area contributed by atoms with E-state index in [0.717, 1.165) is 29.5 Å². The molecule has 0 radical (unpaired) electrons. The summed E-state index contributed by atoms with van der Waals surface area (Å²) < 4.78 is 0. The van der Waals surface area contributed by atoms with Crippen molar-refractivity contribution in [2.45, 2.75) is 71.0 Å². The first-order valence-electron chi connectivity index (χ1n) is 9.71. The molecule has 0 fully saturated rings. The monoisotopic (exact) mass is 384 g/mol. The lowest BCUT2D eigenvalue weighted by Gasteiger charge is -2.31. The maximum absolute atomic E-state index is 12.9. The average Bonchev–Trinajstić information content (AvgIpc) is 2.66. The van der Waals surface area contributed by atoms with Crippen molar-refractivity contribution in [2.24, 2.45) is 0 Å². The van der Waals surface area contributed by atoms with Gasteiger partial charge in [0.15, 0.2) is 0 Å². The van der Waals surface area contributed by atoms with Gasteiger partial charge in [-0.3, -0.25) is 4.79 Å². The Morgan fingerprint density at radius 3 is 1.85 bits per heavy atom. The summed E-state index contributed by atoms with van der Waals surface area (Å²) in [5.74, 6) is 0.998. The average molecular weight is 385 g/mol. The van der Waals surface area contributed by atoms with Crippen molar-refractivity contribution in [3.05, 3.63) is 64.7 Å². The van der Waals surface area contributed by atoms with Crippen LogP contribution in [0.4, 0.5) is 0 Å². The first-order valence-corrected chi connectivity index (χ1v) is 10.7. The molecule has 0 aliphatic rings. The van der Waals surface area contributed by atoms with E-state index in [1.165, 1.54) is 11.8 Å². The van der Waals surface area contributed by atoms with E-state index >= 15 is 0 Å². The summed E-state index contributed by atoms with van der Waals surface area (Å²) in [5.41, 5.74) is 3.17. The zero-order valence-corrected chi connectivity index (χ0v) is 18.2. The van der Waals surface area contributed by atoms with E-state index in [-0.39, 0.29) is 15.9 Å². The molecule has 146 valence electrons. The number of rotatable bonds is 7. The molecule has 2 aromatic rings. The van der Waals surface area contributed by atoms with Crippen LogP contribution < -0.4 is 0 Å². The molecule has 2 aromatic carbocycles. The van der Waals surface area contributed by atoms with Crippen molar-refractivity contribution in [2.75, 3.05) is 0 Å². The molecule has 27 heavy (non-hydrogen) atoms. The molecule has 3 heteroatoms. The Bertz CT molecular complexity index is 754. The molecule has 2 rings (SSSR count). The SMILES string of the molecule is CCC(C)(C)c1cc(C(=O)SCc2ccccc2)cc(C(C)(C)CC)c1O. The minimum Gasteiger partial charge on any atom is -0.507 e. The minimum absolute atomic E-state index is 0.0557. The molecule has 0 amide bonds. The summed E-state index contributed by atoms with van der Waals surface area (Å²) >= 11 is 1.32. The molecular weight excluding hydrogens is 352 g/mol. The Morgan fingerprint density at radius 1 is 0.926 bits per heavy atom. The Balaban J connectivity index is 2.44. The lowest BCUT2D eigenvalue weighted by Crippen LogP contribution is -2.22. The molecule has 0 spiro atoms. The number of carbonyl (C=O) groups excluding carboxylic acids is 1. The van der Waals surface area contributed by atoms with Crippen molar-refractivity contribution in [1.29, 1.82) is 0 Å². The van der Waals surface area contributed by atoms with E-state index in [1.54, 1.807) is 0 Å². The molecule has 0 unspecified atom stereocenters. The van der Waals surface area contributed by atoms with E-state index in [9.17, 15) is 9.90 Å². The molecule has 0 saturated carbocycles. The second-order valence-corrected chi connectivity index (χ2v) is 9.40. The highest BCUT2D eigenvalue weighted by Gasteiger charge is 2.30. The topological polar surface area (TPSA) is 37.3 Å². The molecule has 0 aromatic heterocycles. The number of phenolic OH excluding ortho intramolecular Hbond substituents is 1. The standard InChI is InChI=1S/C24H32O2S/c1-7-23(3,4)19-14-18(15-20(21(19)25)24(5,6)8-2)22(26)27-16-17-12-10-9-11-13-17/h9-15,25H,7-8,16H2,1-6H3. The van der Waals surface area contributed by atoms with Gasteiger partial charge in [-0.05, 0) is 41.4 Å². The quantitative estimate of drug-likeness (QED) is 0.568. The molecule has 2 nitrogen and oxygen atoms in total. The minimum atomic E-state index is -0.191. The largest absolute Gasteiger partial charge is 0.507 e. The third-order valence-electron chi connectivity index (χ3n) is 5.78. The van der Waals surface area contributed by atoms with Crippen LogP contribution >= 0.6 is 11.8 Å². The number of hydrogen-bond acceptors (Lipinski definition) is 3. The van der Waals surface area contributed by atoms with Crippen LogP contribution in [0.3, 0.4) is 0 Å². The van der Waals surface area contributed by atoms with E-state index in [4.69, 9.17) is 0 Å². The summed E-state index contributed by atoms with van der Waals surface area (Å²) in [4.78, 5) is 12.9. The smallest absolute Gasteiger partial charge is 0.219 e. The highest BCUT2D eigenvalue weighted by Crippen LogP contribution is 2.43. The predicted molar refractivity (Wildman–Crippen MR) is 117 cm³/mol. The van der Waals surface area contributed by atoms with Gasteiger partial charge in [-0.1, -0.05) is 83.6 Å². The van der Waals surface area contributed by atoms with Gasteiger partial charge in [-0.15, -0.1) is 0 Å². The summed E-state index contributed by atoms with van der Waals surface area (Å²) in [6.45, 7) is 12.7. The van der Waals surface area contributed by atoms with Gasteiger partial charge in [0.2, 0.25) is 5.12 Å². The highest BCUT2D eigenvalue weighted by atomic mass is 32.2.